The Bertz CT molecular complexity index is 448. The van der Waals surface area contributed by atoms with Crippen LogP contribution in [-0.2, 0) is 19.1 Å². The summed E-state index contributed by atoms with van der Waals surface area (Å²) >= 11 is 0. The molecule has 2 amide bonds. The Kier molecular flexibility index (Phi) is 5.98. The van der Waals surface area contributed by atoms with Crippen molar-refractivity contribution >= 4 is 23.2 Å². The van der Waals surface area contributed by atoms with Gasteiger partial charge in [0.25, 0.3) is 5.91 Å². The number of benzene rings is 1. The second-order valence-corrected chi connectivity index (χ2v) is 3.93. The number of nitrogens with one attached hydrogen (secondary N) is 2. The second kappa shape index (κ2) is 7.50. The van der Waals surface area contributed by atoms with Gasteiger partial charge >= 0.3 is 0 Å². The molecule has 6 nitrogen and oxygen atoms in total. The van der Waals surface area contributed by atoms with Crippen molar-refractivity contribution in [1.82, 2.24) is 0 Å². The number of hydrogen-bond acceptors (Lipinski definition) is 4. The molecule has 19 heavy (non-hydrogen) atoms. The lowest BCUT2D eigenvalue weighted by Gasteiger charge is -2.11. The van der Waals surface area contributed by atoms with Crippen LogP contribution in [0.1, 0.15) is 6.92 Å². The lowest BCUT2D eigenvalue weighted by Crippen LogP contribution is -2.26. The Labute approximate surface area is 112 Å². The molecule has 1 aromatic rings. The molecular weight excluding hydrogens is 248 g/mol. The number of amides is 2. The van der Waals surface area contributed by atoms with Crippen LogP contribution in [0.15, 0.2) is 24.3 Å². The standard InChI is InChI=1S/C13H18N2O4/c1-9(19-3)13(17)15-11-6-4-5-10(7-11)14-12(16)8-18-2/h4-7,9H,8H2,1-3H3,(H,14,16)(H,15,17). The molecule has 0 saturated heterocycles. The molecule has 0 aromatic heterocycles. The Balaban J connectivity index is 2.66. The quantitative estimate of drug-likeness (QED) is 0.812. The van der Waals surface area contributed by atoms with Crippen LogP contribution in [0.5, 0.6) is 0 Å². The number of carbonyl (C=O) groups is 2. The van der Waals surface area contributed by atoms with Gasteiger partial charge in [0.2, 0.25) is 5.91 Å². The van der Waals surface area contributed by atoms with Crippen LogP contribution in [0, 0.1) is 0 Å². The lowest BCUT2D eigenvalue weighted by molar-refractivity contribution is -0.124. The van der Waals surface area contributed by atoms with E-state index >= 15 is 0 Å². The monoisotopic (exact) mass is 266 g/mol. The third-order valence-corrected chi connectivity index (χ3v) is 2.41. The van der Waals surface area contributed by atoms with Crippen molar-refractivity contribution in [1.29, 1.82) is 0 Å². The zero-order valence-corrected chi connectivity index (χ0v) is 11.2. The average Bonchev–Trinajstić information content (AvgIpc) is 2.38. The van der Waals surface area contributed by atoms with Crippen LogP contribution in [0.25, 0.3) is 0 Å². The predicted molar refractivity (Wildman–Crippen MR) is 72.0 cm³/mol. The SMILES string of the molecule is COCC(=O)Nc1cccc(NC(=O)C(C)OC)c1. The summed E-state index contributed by atoms with van der Waals surface area (Å²) in [5.41, 5.74) is 1.18. The van der Waals surface area contributed by atoms with Gasteiger partial charge in [0.15, 0.2) is 0 Å². The van der Waals surface area contributed by atoms with Crippen molar-refractivity contribution in [3.8, 4) is 0 Å². The largest absolute Gasteiger partial charge is 0.375 e. The van der Waals surface area contributed by atoms with E-state index in [1.807, 2.05) is 0 Å². The van der Waals surface area contributed by atoms with Gasteiger partial charge in [0, 0.05) is 25.6 Å². The average molecular weight is 266 g/mol. The fourth-order valence-corrected chi connectivity index (χ4v) is 1.35. The highest BCUT2D eigenvalue weighted by molar-refractivity contribution is 5.96. The molecule has 0 aliphatic heterocycles. The summed E-state index contributed by atoms with van der Waals surface area (Å²) in [5, 5.41) is 5.34. The van der Waals surface area contributed by atoms with Gasteiger partial charge in [0.1, 0.15) is 12.7 Å². The van der Waals surface area contributed by atoms with Crippen molar-refractivity contribution in [2.75, 3.05) is 31.5 Å². The molecule has 6 heteroatoms. The first-order valence-corrected chi connectivity index (χ1v) is 5.79. The maximum Gasteiger partial charge on any atom is 0.253 e. The predicted octanol–water partition coefficient (Wildman–Crippen LogP) is 1.24. The van der Waals surface area contributed by atoms with Crippen LogP contribution < -0.4 is 10.6 Å². The molecule has 104 valence electrons. The summed E-state index contributed by atoms with van der Waals surface area (Å²) in [6.07, 6.45) is -0.535. The Morgan fingerprint density at radius 3 is 2.42 bits per heavy atom. The van der Waals surface area contributed by atoms with Gasteiger partial charge in [-0.1, -0.05) is 6.07 Å². The first-order valence-electron chi connectivity index (χ1n) is 5.79. The van der Waals surface area contributed by atoms with Crippen molar-refractivity contribution in [3.63, 3.8) is 0 Å². The Morgan fingerprint density at radius 2 is 1.84 bits per heavy atom. The summed E-state index contributed by atoms with van der Waals surface area (Å²) in [7, 11) is 2.91. The normalized spacial score (nSPS) is 11.7. The second-order valence-electron chi connectivity index (χ2n) is 3.93. The van der Waals surface area contributed by atoms with E-state index in [0.717, 1.165) is 0 Å². The number of ether oxygens (including phenoxy) is 2. The fraction of sp³-hybridized carbons (Fsp3) is 0.385. The number of carbonyl (C=O) groups excluding carboxylic acids is 2. The number of rotatable bonds is 6. The molecule has 0 saturated carbocycles. The zero-order chi connectivity index (χ0) is 14.3. The topological polar surface area (TPSA) is 76.7 Å². The van der Waals surface area contributed by atoms with Crippen molar-refractivity contribution in [2.24, 2.45) is 0 Å². The van der Waals surface area contributed by atoms with Crippen molar-refractivity contribution in [2.45, 2.75) is 13.0 Å². The first-order chi connectivity index (χ1) is 9.06. The molecule has 0 radical (unpaired) electrons. The van der Waals surface area contributed by atoms with Gasteiger partial charge in [-0.15, -0.1) is 0 Å². The minimum Gasteiger partial charge on any atom is -0.375 e. The van der Waals surface area contributed by atoms with Gasteiger partial charge in [-0.2, -0.15) is 0 Å². The summed E-state index contributed by atoms with van der Waals surface area (Å²) < 4.78 is 9.63. The van der Waals surface area contributed by atoms with Gasteiger partial charge in [-0.25, -0.2) is 0 Å². The van der Waals surface area contributed by atoms with E-state index in [1.54, 1.807) is 31.2 Å². The number of anilines is 2. The lowest BCUT2D eigenvalue weighted by atomic mass is 10.2. The van der Waals surface area contributed by atoms with Crippen LogP contribution in [-0.4, -0.2) is 38.7 Å². The third kappa shape index (κ3) is 5.07. The van der Waals surface area contributed by atoms with E-state index in [0.29, 0.717) is 11.4 Å². The van der Waals surface area contributed by atoms with Crippen LogP contribution in [0.3, 0.4) is 0 Å². The Hall–Kier alpha value is -1.92. The van der Waals surface area contributed by atoms with Crippen LogP contribution in [0.2, 0.25) is 0 Å². The van der Waals surface area contributed by atoms with Crippen molar-refractivity contribution < 1.29 is 19.1 Å². The van der Waals surface area contributed by atoms with E-state index in [9.17, 15) is 9.59 Å². The molecule has 0 spiro atoms. The van der Waals surface area contributed by atoms with Gasteiger partial charge in [0.05, 0.1) is 0 Å². The summed E-state index contributed by atoms with van der Waals surface area (Å²) in [5.74, 6) is -0.501. The van der Waals surface area contributed by atoms with Gasteiger partial charge in [-0.05, 0) is 25.1 Å². The molecule has 0 bridgehead atoms. The highest BCUT2D eigenvalue weighted by atomic mass is 16.5. The minimum absolute atomic E-state index is 0.0166. The highest BCUT2D eigenvalue weighted by Crippen LogP contribution is 2.15. The van der Waals surface area contributed by atoms with E-state index in [-0.39, 0.29) is 18.4 Å². The Morgan fingerprint density at radius 1 is 1.21 bits per heavy atom. The third-order valence-electron chi connectivity index (χ3n) is 2.41. The maximum atomic E-state index is 11.6. The smallest absolute Gasteiger partial charge is 0.253 e. The number of methoxy groups -OCH3 is 2. The molecule has 0 aliphatic carbocycles. The van der Waals surface area contributed by atoms with Crippen LogP contribution in [0.4, 0.5) is 11.4 Å². The molecule has 0 fully saturated rings. The zero-order valence-electron chi connectivity index (χ0n) is 11.2. The molecule has 2 N–H and O–H groups in total. The molecule has 1 atom stereocenters. The van der Waals surface area contributed by atoms with E-state index in [2.05, 4.69) is 10.6 Å². The summed E-state index contributed by atoms with van der Waals surface area (Å²) in [6, 6.07) is 6.85. The molecule has 1 rings (SSSR count). The first kappa shape index (κ1) is 15.1. The van der Waals surface area contributed by atoms with Crippen LogP contribution >= 0.6 is 0 Å². The molecular formula is C13H18N2O4. The fourth-order valence-electron chi connectivity index (χ4n) is 1.35. The molecule has 0 aliphatic rings. The molecule has 0 heterocycles. The highest BCUT2D eigenvalue weighted by Gasteiger charge is 2.11. The molecule has 1 aromatic carbocycles. The molecule has 1 unspecified atom stereocenters. The van der Waals surface area contributed by atoms with Crippen molar-refractivity contribution in [3.05, 3.63) is 24.3 Å². The summed E-state index contributed by atoms with van der Waals surface area (Å²) in [4.78, 5) is 23.0. The van der Waals surface area contributed by atoms with Gasteiger partial charge < -0.3 is 20.1 Å². The summed E-state index contributed by atoms with van der Waals surface area (Å²) in [6.45, 7) is 1.64. The maximum absolute atomic E-state index is 11.6. The number of hydrogen-bond donors (Lipinski definition) is 2. The van der Waals surface area contributed by atoms with E-state index < -0.39 is 6.10 Å². The minimum atomic E-state index is -0.535. The van der Waals surface area contributed by atoms with Gasteiger partial charge in [-0.3, -0.25) is 9.59 Å². The van der Waals surface area contributed by atoms with E-state index in [1.165, 1.54) is 14.2 Å². The van der Waals surface area contributed by atoms with E-state index in [4.69, 9.17) is 9.47 Å².